The smallest absolute Gasteiger partial charge is 0.352 e. The first kappa shape index (κ1) is 13.0. The van der Waals surface area contributed by atoms with Crippen LogP contribution in [0.3, 0.4) is 0 Å². The summed E-state index contributed by atoms with van der Waals surface area (Å²) in [5.74, 6) is -3.01. The van der Waals surface area contributed by atoms with Crippen LogP contribution in [0.25, 0.3) is 0 Å². The van der Waals surface area contributed by atoms with E-state index in [4.69, 9.17) is 9.84 Å². The number of ether oxygens (including phenoxy) is 1. The van der Waals surface area contributed by atoms with Gasteiger partial charge >= 0.3 is 5.97 Å². The maximum Gasteiger partial charge on any atom is 0.352 e. The van der Waals surface area contributed by atoms with E-state index in [0.717, 1.165) is 7.11 Å². The van der Waals surface area contributed by atoms with Crippen LogP contribution >= 0.6 is 0 Å². The third-order valence-electron chi connectivity index (χ3n) is 2.93. The van der Waals surface area contributed by atoms with Gasteiger partial charge < -0.3 is 9.84 Å². The largest absolute Gasteiger partial charge is 0.477 e. The number of halogens is 1. The number of carbonyl (C=O) groups excluding carboxylic acids is 1. The molecule has 1 N–H and O–H groups in total. The van der Waals surface area contributed by atoms with Crippen LogP contribution in [0, 0.1) is 0 Å². The summed E-state index contributed by atoms with van der Waals surface area (Å²) in [5, 5.41) is 7.59. The minimum atomic E-state index is -3.83. The van der Waals surface area contributed by atoms with Gasteiger partial charge in [0.1, 0.15) is 12.4 Å². The molecule has 0 aromatic carbocycles. The standard InChI is InChI=1S/C9H10FNO6S/c1-17-6-7(12)11-5(9(13)14)4(2-10)3-18(15,16)8(6)11/h6,8H,2-3H2,1H3,(H,13,14)/t6-,8?/m0/s1. The molecule has 0 aromatic heterocycles. The van der Waals surface area contributed by atoms with Gasteiger partial charge in [0.2, 0.25) is 0 Å². The molecular formula is C9H10FNO6S. The molecule has 0 aliphatic carbocycles. The molecule has 0 aromatic rings. The van der Waals surface area contributed by atoms with Crippen LogP contribution in [0.1, 0.15) is 0 Å². The highest BCUT2D eigenvalue weighted by Gasteiger charge is 2.60. The Hall–Kier alpha value is -1.48. The van der Waals surface area contributed by atoms with Gasteiger partial charge in [0.25, 0.3) is 5.91 Å². The number of methoxy groups -OCH3 is 1. The number of hydrogen-bond donors (Lipinski definition) is 1. The zero-order valence-electron chi connectivity index (χ0n) is 9.29. The van der Waals surface area contributed by atoms with Crippen LogP contribution in [0.4, 0.5) is 4.39 Å². The molecule has 1 saturated heterocycles. The summed E-state index contributed by atoms with van der Waals surface area (Å²) < 4.78 is 41.1. The minimum Gasteiger partial charge on any atom is -0.477 e. The Morgan fingerprint density at radius 2 is 2.22 bits per heavy atom. The van der Waals surface area contributed by atoms with Gasteiger partial charge in [0.05, 0.1) is 5.75 Å². The second kappa shape index (κ2) is 4.02. The van der Waals surface area contributed by atoms with Gasteiger partial charge in [-0.2, -0.15) is 0 Å². The Labute approximate surface area is 102 Å². The normalized spacial score (nSPS) is 29.9. The lowest BCUT2D eigenvalue weighted by atomic mass is 10.1. The lowest BCUT2D eigenvalue weighted by Crippen LogP contribution is -2.70. The minimum absolute atomic E-state index is 0.415. The van der Waals surface area contributed by atoms with Gasteiger partial charge in [-0.25, -0.2) is 17.6 Å². The molecule has 2 aliphatic rings. The number of alkyl halides is 1. The van der Waals surface area contributed by atoms with E-state index in [1.54, 1.807) is 0 Å². The van der Waals surface area contributed by atoms with E-state index in [2.05, 4.69) is 0 Å². The first-order valence-corrected chi connectivity index (χ1v) is 6.65. The predicted octanol–water partition coefficient (Wildman–Crippen LogP) is -1.09. The van der Waals surface area contributed by atoms with Crippen molar-refractivity contribution in [2.45, 2.75) is 11.5 Å². The van der Waals surface area contributed by atoms with Crippen molar-refractivity contribution >= 4 is 21.7 Å². The fraction of sp³-hybridized carbons (Fsp3) is 0.556. The highest BCUT2D eigenvalue weighted by molar-refractivity contribution is 7.92. The third kappa shape index (κ3) is 1.54. The number of amides is 1. The van der Waals surface area contributed by atoms with Crippen LogP contribution in [0.2, 0.25) is 0 Å². The Bertz CT molecular complexity index is 553. The number of fused-ring (bicyclic) bond motifs is 1. The second-order valence-corrected chi connectivity index (χ2v) is 6.05. The predicted molar refractivity (Wildman–Crippen MR) is 55.9 cm³/mol. The summed E-state index contributed by atoms with van der Waals surface area (Å²) in [6.07, 6.45) is -1.22. The van der Waals surface area contributed by atoms with Gasteiger partial charge in [-0.05, 0) is 0 Å². The molecule has 0 bridgehead atoms. The fourth-order valence-electron chi connectivity index (χ4n) is 2.16. The third-order valence-corrected chi connectivity index (χ3v) is 4.88. The first-order chi connectivity index (χ1) is 8.35. The number of β-lactam (4-membered cyclic amide) rings is 1. The molecule has 7 nitrogen and oxygen atoms in total. The number of carboxylic acid groups (broad SMARTS) is 1. The maximum atomic E-state index is 12.7. The molecule has 0 spiro atoms. The molecule has 2 heterocycles. The summed E-state index contributed by atoms with van der Waals surface area (Å²) in [6, 6.07) is 0. The topological polar surface area (TPSA) is 101 Å². The Kier molecular flexibility index (Phi) is 2.90. The highest BCUT2D eigenvalue weighted by atomic mass is 32.2. The van der Waals surface area contributed by atoms with Gasteiger partial charge in [-0.3, -0.25) is 9.69 Å². The molecule has 1 amide bonds. The highest BCUT2D eigenvalue weighted by Crippen LogP contribution is 2.37. The summed E-state index contributed by atoms with van der Waals surface area (Å²) in [7, 11) is -2.67. The number of carbonyl (C=O) groups is 2. The number of aliphatic carboxylic acids is 1. The summed E-state index contributed by atoms with van der Waals surface area (Å²) >= 11 is 0. The van der Waals surface area contributed by atoms with Gasteiger partial charge in [-0.15, -0.1) is 0 Å². The maximum absolute atomic E-state index is 12.7. The van der Waals surface area contributed by atoms with Crippen LogP contribution in [-0.4, -0.2) is 61.3 Å². The molecular weight excluding hydrogens is 269 g/mol. The molecule has 0 saturated carbocycles. The van der Waals surface area contributed by atoms with Crippen LogP contribution in [0.5, 0.6) is 0 Å². The lowest BCUT2D eigenvalue weighted by Gasteiger charge is -2.47. The fourth-order valence-corrected chi connectivity index (χ4v) is 4.17. The molecule has 9 heteroatoms. The van der Waals surface area contributed by atoms with E-state index in [0.29, 0.717) is 4.90 Å². The van der Waals surface area contributed by atoms with Gasteiger partial charge in [0, 0.05) is 12.7 Å². The first-order valence-electron chi connectivity index (χ1n) is 4.94. The van der Waals surface area contributed by atoms with Crippen LogP contribution < -0.4 is 0 Å². The SMILES string of the molecule is CO[C@H]1C(=O)N2C(C(=O)O)=C(CF)CS(=O)(=O)C12. The molecule has 0 radical (unpaired) electrons. The van der Waals surface area contributed by atoms with Gasteiger partial charge in [-0.1, -0.05) is 0 Å². The van der Waals surface area contributed by atoms with Crippen LogP contribution in [0.15, 0.2) is 11.3 Å². The molecule has 2 rings (SSSR count). The molecule has 18 heavy (non-hydrogen) atoms. The summed E-state index contributed by atoms with van der Waals surface area (Å²) in [5.41, 5.74) is -1.00. The Morgan fingerprint density at radius 3 is 2.67 bits per heavy atom. The van der Waals surface area contributed by atoms with Crippen molar-refractivity contribution in [2.24, 2.45) is 0 Å². The van der Waals surface area contributed by atoms with E-state index in [1.807, 2.05) is 0 Å². The average Bonchev–Trinajstić information content (AvgIpc) is 2.28. The monoisotopic (exact) mass is 279 g/mol. The zero-order valence-corrected chi connectivity index (χ0v) is 10.1. The van der Waals surface area contributed by atoms with E-state index in [9.17, 15) is 22.4 Å². The van der Waals surface area contributed by atoms with E-state index >= 15 is 0 Å². The lowest BCUT2D eigenvalue weighted by molar-refractivity contribution is -0.162. The van der Waals surface area contributed by atoms with E-state index in [1.165, 1.54) is 0 Å². The van der Waals surface area contributed by atoms with Crippen molar-refractivity contribution in [3.8, 4) is 0 Å². The molecule has 2 atom stereocenters. The average molecular weight is 279 g/mol. The summed E-state index contributed by atoms with van der Waals surface area (Å²) in [4.78, 5) is 23.2. The van der Waals surface area contributed by atoms with Crippen molar-refractivity contribution in [3.63, 3.8) is 0 Å². The van der Waals surface area contributed by atoms with Crippen molar-refractivity contribution < 1.29 is 32.2 Å². The number of sulfone groups is 1. The Morgan fingerprint density at radius 1 is 1.61 bits per heavy atom. The van der Waals surface area contributed by atoms with Crippen molar-refractivity contribution in [1.82, 2.24) is 4.90 Å². The quantitative estimate of drug-likeness (QED) is 0.658. The number of nitrogens with zero attached hydrogens (tertiary/aromatic N) is 1. The number of rotatable bonds is 3. The molecule has 100 valence electrons. The summed E-state index contributed by atoms with van der Waals surface area (Å²) in [6.45, 7) is -1.23. The van der Waals surface area contributed by atoms with E-state index in [-0.39, 0.29) is 0 Å². The van der Waals surface area contributed by atoms with E-state index < -0.39 is 56.9 Å². The van der Waals surface area contributed by atoms with Gasteiger partial charge in [0.15, 0.2) is 21.3 Å². The molecule has 1 unspecified atom stereocenters. The number of carboxylic acids is 1. The molecule has 1 fully saturated rings. The van der Waals surface area contributed by atoms with Crippen molar-refractivity contribution in [2.75, 3.05) is 19.5 Å². The number of hydrogen-bond acceptors (Lipinski definition) is 5. The van der Waals surface area contributed by atoms with Crippen molar-refractivity contribution in [3.05, 3.63) is 11.3 Å². The zero-order chi connectivity index (χ0) is 13.7. The van der Waals surface area contributed by atoms with Crippen molar-refractivity contribution in [1.29, 1.82) is 0 Å². The van der Waals surface area contributed by atoms with Crippen LogP contribution in [-0.2, 0) is 24.2 Å². The second-order valence-electron chi connectivity index (χ2n) is 3.95. The Balaban J connectivity index is 2.56. The molecule has 2 aliphatic heterocycles.